The van der Waals surface area contributed by atoms with Gasteiger partial charge >= 0.3 is 6.18 Å². The van der Waals surface area contributed by atoms with Gasteiger partial charge in [0.2, 0.25) is 5.43 Å². The monoisotopic (exact) mass is 776 g/mol. The number of Topliss-reactive ketones (excluding diaryl/α,β-unsaturated/α-hetero) is 2. The van der Waals surface area contributed by atoms with Crippen LogP contribution >= 0.6 is 0 Å². The van der Waals surface area contributed by atoms with Gasteiger partial charge in [0.05, 0.1) is 16.3 Å². The number of nitrogens with zero attached hydrogens (tertiary/aromatic N) is 4. The molecule has 4 aromatic carbocycles. The average Bonchev–Trinajstić information content (AvgIpc) is 3.19. The average molecular weight is 777 g/mol. The minimum atomic E-state index is -4.39. The first-order chi connectivity index (χ1) is 26.7. The van der Waals surface area contributed by atoms with Crippen LogP contribution in [0.3, 0.4) is 0 Å². The molecule has 2 aliphatic heterocycles. The van der Waals surface area contributed by atoms with Crippen molar-refractivity contribution in [3.63, 3.8) is 0 Å². The number of ketones is 2. The highest BCUT2D eigenvalue weighted by molar-refractivity contribution is 6.02. The minimum Gasteiger partial charge on any atom is -0.456 e. The van der Waals surface area contributed by atoms with E-state index in [0.29, 0.717) is 79.1 Å². The lowest BCUT2D eigenvalue weighted by atomic mass is 10.0. The van der Waals surface area contributed by atoms with Crippen LogP contribution in [0, 0.1) is 0 Å². The van der Waals surface area contributed by atoms with Crippen molar-refractivity contribution < 1.29 is 36.0 Å². The minimum absolute atomic E-state index is 0.0279. The quantitative estimate of drug-likeness (QED) is 0.0804. The summed E-state index contributed by atoms with van der Waals surface area (Å²) in [6.07, 6.45) is -3.78. The van der Waals surface area contributed by atoms with Crippen LogP contribution in [0.4, 0.5) is 27.6 Å². The molecule has 7 rings (SSSR count). The van der Waals surface area contributed by atoms with Crippen LogP contribution in [0.2, 0.25) is 0 Å². The number of fused-ring (bicyclic) bond motifs is 2. The van der Waals surface area contributed by atoms with Gasteiger partial charge in [0.1, 0.15) is 11.2 Å². The van der Waals surface area contributed by atoms with E-state index in [0.717, 1.165) is 39.2 Å². The lowest BCUT2D eigenvalue weighted by Gasteiger charge is -2.36. The maximum absolute atomic E-state index is 13.5. The van der Waals surface area contributed by atoms with E-state index >= 15 is 0 Å². The second-order valence-corrected chi connectivity index (χ2v) is 14.5. The van der Waals surface area contributed by atoms with Crippen molar-refractivity contribution in [1.82, 2.24) is 14.7 Å². The number of carbonyl (C=O) groups excluding carboxylic acids is 2. The molecule has 0 N–H and O–H groups in total. The fraction of sp³-hybridized carbons (Fsp3) is 0.372. The number of likely N-dealkylation sites (N-methyl/N-ethyl adjacent to an activating group) is 1. The molecule has 2 fully saturated rings. The summed E-state index contributed by atoms with van der Waals surface area (Å²) in [6, 6.07) is 22.9. The van der Waals surface area contributed by atoms with Crippen LogP contribution in [-0.2, 0) is 12.1 Å². The molecular formula is C43H45F5N4O4. The Bertz CT molecular complexity index is 2200. The highest BCUT2D eigenvalue weighted by Gasteiger charge is 2.31. The molecule has 8 nitrogen and oxygen atoms in total. The Morgan fingerprint density at radius 1 is 0.625 bits per heavy atom. The molecule has 0 radical (unpaired) electrons. The molecule has 0 spiro atoms. The molecule has 0 saturated carbocycles. The van der Waals surface area contributed by atoms with E-state index in [1.54, 1.807) is 60.7 Å². The highest BCUT2D eigenvalue weighted by Crippen LogP contribution is 2.32. The van der Waals surface area contributed by atoms with Crippen LogP contribution in [0.15, 0.2) is 100 Å². The summed E-state index contributed by atoms with van der Waals surface area (Å²) >= 11 is 0. The molecule has 0 atom stereocenters. The van der Waals surface area contributed by atoms with Crippen molar-refractivity contribution in [3.8, 4) is 0 Å². The smallest absolute Gasteiger partial charge is 0.416 e. The predicted octanol–water partition coefficient (Wildman–Crippen LogP) is 7.98. The first-order valence-corrected chi connectivity index (χ1v) is 18.7. The number of rotatable bonds is 10. The van der Waals surface area contributed by atoms with Crippen molar-refractivity contribution in [2.75, 3.05) is 77.4 Å². The Kier molecular flexibility index (Phi) is 12.7. The third-order valence-electron chi connectivity index (χ3n) is 10.4. The van der Waals surface area contributed by atoms with Gasteiger partial charge in [-0.25, -0.2) is 8.78 Å². The Labute approximate surface area is 322 Å². The van der Waals surface area contributed by atoms with Gasteiger partial charge < -0.3 is 19.1 Å². The van der Waals surface area contributed by atoms with Crippen LogP contribution in [0.1, 0.15) is 51.6 Å². The molecule has 0 aliphatic carbocycles. The zero-order chi connectivity index (χ0) is 40.0. The molecule has 296 valence electrons. The Morgan fingerprint density at radius 2 is 1.12 bits per heavy atom. The van der Waals surface area contributed by atoms with E-state index in [4.69, 9.17) is 4.42 Å². The molecule has 2 saturated heterocycles. The molecular weight excluding hydrogens is 731 g/mol. The molecule has 0 amide bonds. The van der Waals surface area contributed by atoms with Crippen molar-refractivity contribution in [2.24, 2.45) is 0 Å². The lowest BCUT2D eigenvalue weighted by Crippen LogP contribution is -2.47. The van der Waals surface area contributed by atoms with Gasteiger partial charge in [-0.1, -0.05) is 36.4 Å². The van der Waals surface area contributed by atoms with E-state index < -0.39 is 17.7 Å². The topological polar surface area (TPSA) is 77.3 Å². The van der Waals surface area contributed by atoms with E-state index in [1.807, 2.05) is 4.90 Å². The maximum atomic E-state index is 13.5. The zero-order valence-corrected chi connectivity index (χ0v) is 31.5. The maximum Gasteiger partial charge on any atom is 0.416 e. The number of alkyl halides is 5. The van der Waals surface area contributed by atoms with Crippen LogP contribution < -0.4 is 10.3 Å². The zero-order valence-electron chi connectivity index (χ0n) is 31.5. The first-order valence-electron chi connectivity index (χ1n) is 18.7. The Balaban J connectivity index is 0.000000463. The van der Waals surface area contributed by atoms with Gasteiger partial charge in [-0.05, 0) is 61.6 Å². The van der Waals surface area contributed by atoms with Gasteiger partial charge in [-0.2, -0.15) is 13.2 Å². The largest absolute Gasteiger partial charge is 0.456 e. The normalized spacial score (nSPS) is 16.2. The summed E-state index contributed by atoms with van der Waals surface area (Å²) in [5.41, 5.74) is 1.27. The second-order valence-electron chi connectivity index (χ2n) is 14.5. The summed E-state index contributed by atoms with van der Waals surface area (Å²) in [5.74, 6) is -2.85. The first kappa shape index (κ1) is 40.7. The number of piperazine rings is 2. The van der Waals surface area contributed by atoms with Gasteiger partial charge in [-0.3, -0.25) is 19.3 Å². The molecule has 5 aromatic rings. The number of carbonyl (C=O) groups is 2. The summed E-state index contributed by atoms with van der Waals surface area (Å²) in [5, 5.41) is 0.594. The molecule has 56 heavy (non-hydrogen) atoms. The van der Waals surface area contributed by atoms with E-state index in [9.17, 15) is 36.3 Å². The van der Waals surface area contributed by atoms with E-state index in [-0.39, 0.29) is 34.4 Å². The van der Waals surface area contributed by atoms with Gasteiger partial charge in [0.15, 0.2) is 11.6 Å². The molecule has 13 heteroatoms. The molecule has 2 aliphatic rings. The number of hydrogen-bond donors (Lipinski definition) is 0. The van der Waals surface area contributed by atoms with Crippen LogP contribution in [0.25, 0.3) is 21.9 Å². The third kappa shape index (κ3) is 10.2. The standard InChI is InChI=1S/C35H37F3N4O4.C8H8F2/c1-39-13-15-40(16-14-39)11-9-30(43)24-5-7-32-28(21-24)34(45)29-22-25(6-8-33(29)46-32)31(44)10-12-41-17-19-42(20-18-41)27-4-2-3-26(23-27)35(36,37)38;1-8(9,10)7-5-3-2-4-6-7/h2-8,21-23H,9-20H2,1H3;2-6H,1H3. The van der Waals surface area contributed by atoms with Crippen molar-refractivity contribution in [2.45, 2.75) is 31.9 Å². The summed E-state index contributed by atoms with van der Waals surface area (Å²) in [6.45, 7) is 8.23. The van der Waals surface area contributed by atoms with E-state index in [1.165, 1.54) is 24.3 Å². The Hall–Kier alpha value is -4.98. The molecule has 0 unspecified atom stereocenters. The molecule has 3 heterocycles. The lowest BCUT2D eigenvalue weighted by molar-refractivity contribution is -0.137. The second kappa shape index (κ2) is 17.4. The SMILES string of the molecule is CC(F)(F)c1ccccc1.CN1CCN(CCC(=O)c2ccc3oc4ccc(C(=O)CCN5CCN(c6cccc(C(F)(F)F)c6)CC5)cc4c(=O)c3c2)CC1. The van der Waals surface area contributed by atoms with Gasteiger partial charge in [0, 0.05) is 108 Å². The van der Waals surface area contributed by atoms with Gasteiger partial charge in [-0.15, -0.1) is 0 Å². The van der Waals surface area contributed by atoms with Crippen molar-refractivity contribution in [3.05, 3.63) is 123 Å². The fourth-order valence-corrected chi connectivity index (χ4v) is 6.92. The number of benzene rings is 4. The van der Waals surface area contributed by atoms with Crippen LogP contribution in [-0.4, -0.2) is 98.8 Å². The molecule has 1 aromatic heterocycles. The summed E-state index contributed by atoms with van der Waals surface area (Å²) in [4.78, 5) is 48.3. The highest BCUT2D eigenvalue weighted by atomic mass is 19.4. The summed E-state index contributed by atoms with van der Waals surface area (Å²) < 4.78 is 70.3. The number of hydrogen-bond acceptors (Lipinski definition) is 8. The Morgan fingerprint density at radius 3 is 1.61 bits per heavy atom. The summed E-state index contributed by atoms with van der Waals surface area (Å²) in [7, 11) is 2.09. The van der Waals surface area contributed by atoms with E-state index in [2.05, 4.69) is 21.7 Å². The van der Waals surface area contributed by atoms with Crippen molar-refractivity contribution in [1.29, 1.82) is 0 Å². The van der Waals surface area contributed by atoms with Crippen molar-refractivity contribution >= 4 is 39.2 Å². The molecule has 0 bridgehead atoms. The van der Waals surface area contributed by atoms with Crippen LogP contribution in [0.5, 0.6) is 0 Å². The fourth-order valence-electron chi connectivity index (χ4n) is 6.92. The number of anilines is 1. The predicted molar refractivity (Wildman–Crippen MR) is 208 cm³/mol. The third-order valence-corrected chi connectivity index (χ3v) is 10.4. The van der Waals surface area contributed by atoms with Gasteiger partial charge in [0.25, 0.3) is 5.92 Å². The number of halogens is 5.